The second kappa shape index (κ2) is 7.67. The number of hydrogen-bond acceptors (Lipinski definition) is 2. The molecule has 0 saturated heterocycles. The van der Waals surface area contributed by atoms with E-state index in [9.17, 15) is 0 Å². The third-order valence-corrected chi connectivity index (χ3v) is 3.50. The first kappa shape index (κ1) is 15.4. The van der Waals surface area contributed by atoms with Gasteiger partial charge in [-0.25, -0.2) is 4.98 Å². The topological polar surface area (TPSA) is 44.9 Å². The summed E-state index contributed by atoms with van der Waals surface area (Å²) in [5.41, 5.74) is 2.09. The van der Waals surface area contributed by atoms with Crippen molar-refractivity contribution in [1.82, 2.24) is 19.6 Å². The molecule has 0 radical (unpaired) electrons. The Labute approximate surface area is 126 Å². The first-order valence-corrected chi connectivity index (χ1v) is 7.59. The minimum absolute atomic E-state index is 0.840. The zero-order chi connectivity index (χ0) is 15.1. The van der Waals surface area contributed by atoms with Gasteiger partial charge in [0.25, 0.3) is 0 Å². The summed E-state index contributed by atoms with van der Waals surface area (Å²) in [4.78, 5) is 11.1. The molecule has 5 nitrogen and oxygen atoms in total. The highest BCUT2D eigenvalue weighted by molar-refractivity contribution is 5.79. The molecule has 0 aliphatic carbocycles. The maximum Gasteiger partial charge on any atom is 0.193 e. The molecular formula is C16H25N5. The number of pyridine rings is 1. The summed E-state index contributed by atoms with van der Waals surface area (Å²) in [6.07, 6.45) is 7.38. The normalized spacial score (nSPS) is 11.9. The van der Waals surface area contributed by atoms with Crippen LogP contribution >= 0.6 is 0 Å². The van der Waals surface area contributed by atoms with Crippen LogP contribution in [0.15, 0.2) is 35.6 Å². The first-order valence-electron chi connectivity index (χ1n) is 7.59. The number of imidazole rings is 1. The number of hydrogen-bond donors (Lipinski definition) is 1. The maximum absolute atomic E-state index is 4.60. The summed E-state index contributed by atoms with van der Waals surface area (Å²) in [6.45, 7) is 4.07. The van der Waals surface area contributed by atoms with E-state index in [0.717, 1.165) is 36.8 Å². The number of fused-ring (bicyclic) bond motifs is 1. The predicted octanol–water partition coefficient (Wildman–Crippen LogP) is 2.18. The van der Waals surface area contributed by atoms with Crippen molar-refractivity contribution in [1.29, 1.82) is 0 Å². The van der Waals surface area contributed by atoms with Crippen LogP contribution in [-0.2, 0) is 6.42 Å². The zero-order valence-corrected chi connectivity index (χ0v) is 13.2. The number of aromatic nitrogens is 2. The molecule has 0 unspecified atom stereocenters. The van der Waals surface area contributed by atoms with Gasteiger partial charge in [-0.05, 0) is 18.6 Å². The largest absolute Gasteiger partial charge is 0.356 e. The van der Waals surface area contributed by atoms with Crippen molar-refractivity contribution in [3.8, 4) is 0 Å². The standard InChI is InChI=1S/C16H25N5/c1-4-5-11-20(3)16(17-2)18-10-9-14-13-21-12-7-6-8-15(21)19-14/h6-8,12-13H,4-5,9-11H2,1-3H3,(H,17,18). The van der Waals surface area contributed by atoms with E-state index in [4.69, 9.17) is 0 Å². The van der Waals surface area contributed by atoms with Gasteiger partial charge in [0, 0.05) is 46.0 Å². The lowest BCUT2D eigenvalue weighted by Crippen LogP contribution is -2.40. The molecule has 0 spiro atoms. The summed E-state index contributed by atoms with van der Waals surface area (Å²) < 4.78 is 2.05. The van der Waals surface area contributed by atoms with E-state index in [1.165, 1.54) is 12.8 Å². The highest BCUT2D eigenvalue weighted by atomic mass is 15.3. The van der Waals surface area contributed by atoms with Crippen molar-refractivity contribution in [3.05, 3.63) is 36.3 Å². The molecule has 1 N–H and O–H groups in total. The molecule has 0 aromatic carbocycles. The van der Waals surface area contributed by atoms with E-state index in [-0.39, 0.29) is 0 Å². The minimum atomic E-state index is 0.840. The van der Waals surface area contributed by atoms with E-state index in [2.05, 4.69) is 44.8 Å². The van der Waals surface area contributed by atoms with Crippen LogP contribution in [0.1, 0.15) is 25.5 Å². The lowest BCUT2D eigenvalue weighted by molar-refractivity contribution is 0.465. The summed E-state index contributed by atoms with van der Waals surface area (Å²) in [6, 6.07) is 6.05. The van der Waals surface area contributed by atoms with Crippen LogP contribution in [0.3, 0.4) is 0 Å². The van der Waals surface area contributed by atoms with Crippen LogP contribution in [0, 0.1) is 0 Å². The van der Waals surface area contributed by atoms with Gasteiger partial charge in [-0.1, -0.05) is 19.4 Å². The fourth-order valence-electron chi connectivity index (χ4n) is 2.30. The maximum atomic E-state index is 4.60. The van der Waals surface area contributed by atoms with Gasteiger partial charge in [-0.15, -0.1) is 0 Å². The fraction of sp³-hybridized carbons (Fsp3) is 0.500. The van der Waals surface area contributed by atoms with Crippen molar-refractivity contribution in [2.75, 3.05) is 27.2 Å². The van der Waals surface area contributed by atoms with Crippen LogP contribution in [0.25, 0.3) is 5.65 Å². The number of guanidine groups is 1. The van der Waals surface area contributed by atoms with Crippen LogP contribution in [0.4, 0.5) is 0 Å². The van der Waals surface area contributed by atoms with Crippen molar-refractivity contribution >= 4 is 11.6 Å². The molecule has 5 heteroatoms. The van der Waals surface area contributed by atoms with Gasteiger partial charge in [0.15, 0.2) is 5.96 Å². The Kier molecular flexibility index (Phi) is 5.60. The number of aliphatic imine (C=N–C) groups is 1. The molecule has 2 aromatic heterocycles. The second-order valence-corrected chi connectivity index (χ2v) is 5.20. The number of rotatable bonds is 6. The Morgan fingerprint density at radius 2 is 2.29 bits per heavy atom. The van der Waals surface area contributed by atoms with Gasteiger partial charge < -0.3 is 14.6 Å². The van der Waals surface area contributed by atoms with Crippen LogP contribution in [-0.4, -0.2) is 47.4 Å². The predicted molar refractivity (Wildman–Crippen MR) is 87.8 cm³/mol. The van der Waals surface area contributed by atoms with E-state index < -0.39 is 0 Å². The Morgan fingerprint density at radius 3 is 3.00 bits per heavy atom. The Balaban J connectivity index is 1.85. The SMILES string of the molecule is CCCCN(C)C(=NC)NCCc1cn2ccccc2n1. The van der Waals surface area contributed by atoms with E-state index in [1.807, 2.05) is 31.4 Å². The molecule has 0 amide bonds. The van der Waals surface area contributed by atoms with Crippen LogP contribution in [0.2, 0.25) is 0 Å². The Morgan fingerprint density at radius 1 is 1.43 bits per heavy atom. The molecule has 2 aromatic rings. The lowest BCUT2D eigenvalue weighted by atomic mass is 10.3. The molecule has 2 rings (SSSR count). The van der Waals surface area contributed by atoms with Crippen LogP contribution < -0.4 is 5.32 Å². The highest BCUT2D eigenvalue weighted by Gasteiger charge is 2.05. The summed E-state index contributed by atoms with van der Waals surface area (Å²) in [5, 5.41) is 3.40. The second-order valence-electron chi connectivity index (χ2n) is 5.20. The minimum Gasteiger partial charge on any atom is -0.356 e. The Bertz CT molecular complexity index is 554. The highest BCUT2D eigenvalue weighted by Crippen LogP contribution is 2.04. The number of nitrogens with one attached hydrogen (secondary N) is 1. The molecule has 2 heterocycles. The van der Waals surface area contributed by atoms with Gasteiger partial charge >= 0.3 is 0 Å². The molecule has 21 heavy (non-hydrogen) atoms. The summed E-state index contributed by atoms with van der Waals surface area (Å²) >= 11 is 0. The van der Waals surface area contributed by atoms with E-state index >= 15 is 0 Å². The average Bonchev–Trinajstić information content (AvgIpc) is 2.91. The lowest BCUT2D eigenvalue weighted by Gasteiger charge is -2.21. The molecular weight excluding hydrogens is 262 g/mol. The molecule has 0 bridgehead atoms. The first-order chi connectivity index (χ1) is 10.2. The third kappa shape index (κ3) is 4.21. The molecule has 0 fully saturated rings. The van der Waals surface area contributed by atoms with Crippen molar-refractivity contribution < 1.29 is 0 Å². The van der Waals surface area contributed by atoms with Crippen LogP contribution in [0.5, 0.6) is 0 Å². The van der Waals surface area contributed by atoms with Gasteiger partial charge in [0.1, 0.15) is 5.65 Å². The molecule has 0 aliphatic heterocycles. The van der Waals surface area contributed by atoms with Gasteiger partial charge in [-0.2, -0.15) is 0 Å². The summed E-state index contributed by atoms with van der Waals surface area (Å²) in [7, 11) is 3.91. The summed E-state index contributed by atoms with van der Waals surface area (Å²) in [5.74, 6) is 0.951. The van der Waals surface area contributed by atoms with Crippen molar-refractivity contribution in [2.45, 2.75) is 26.2 Å². The van der Waals surface area contributed by atoms with Gasteiger partial charge in [-0.3, -0.25) is 4.99 Å². The number of nitrogens with zero attached hydrogens (tertiary/aromatic N) is 4. The molecule has 114 valence electrons. The molecule has 0 aliphatic rings. The monoisotopic (exact) mass is 287 g/mol. The quantitative estimate of drug-likeness (QED) is 0.654. The fourth-order valence-corrected chi connectivity index (χ4v) is 2.30. The van der Waals surface area contributed by atoms with Gasteiger partial charge in [0.2, 0.25) is 0 Å². The molecule has 0 saturated carbocycles. The third-order valence-electron chi connectivity index (χ3n) is 3.50. The van der Waals surface area contributed by atoms with E-state index in [1.54, 1.807) is 0 Å². The van der Waals surface area contributed by atoms with Crippen molar-refractivity contribution in [2.24, 2.45) is 4.99 Å². The molecule has 0 atom stereocenters. The van der Waals surface area contributed by atoms with E-state index in [0.29, 0.717) is 0 Å². The smallest absolute Gasteiger partial charge is 0.193 e. The Hall–Kier alpha value is -2.04. The number of unbranched alkanes of at least 4 members (excludes halogenated alkanes) is 1. The van der Waals surface area contributed by atoms with Crippen molar-refractivity contribution in [3.63, 3.8) is 0 Å². The zero-order valence-electron chi connectivity index (χ0n) is 13.2. The van der Waals surface area contributed by atoms with Gasteiger partial charge in [0.05, 0.1) is 5.69 Å². The average molecular weight is 287 g/mol.